The summed E-state index contributed by atoms with van der Waals surface area (Å²) in [6, 6.07) is 0. The number of halogens is 1. The molecule has 1 aliphatic carbocycles. The molecule has 0 radical (unpaired) electrons. The van der Waals surface area contributed by atoms with Gasteiger partial charge in [0.25, 0.3) is 0 Å². The first-order valence-corrected chi connectivity index (χ1v) is 5.56. The fraction of sp³-hybridized carbons (Fsp3) is 0.727. The van der Waals surface area contributed by atoms with Crippen molar-refractivity contribution in [2.24, 2.45) is 11.8 Å². The van der Waals surface area contributed by atoms with Gasteiger partial charge in [-0.15, -0.1) is 11.6 Å². The quantitative estimate of drug-likeness (QED) is 0.412. The summed E-state index contributed by atoms with van der Waals surface area (Å²) in [7, 11) is 0. The van der Waals surface area contributed by atoms with E-state index in [0.29, 0.717) is 18.4 Å². The number of hydrogen-bond donors (Lipinski definition) is 0. The van der Waals surface area contributed by atoms with Gasteiger partial charge in [0.15, 0.2) is 0 Å². The number of rotatable bonds is 3. The van der Waals surface area contributed by atoms with E-state index in [1.54, 1.807) is 0 Å². The lowest BCUT2D eigenvalue weighted by Gasteiger charge is -2.26. The van der Waals surface area contributed by atoms with Crippen molar-refractivity contribution in [3.8, 4) is 0 Å². The fourth-order valence-corrected chi connectivity index (χ4v) is 1.89. The molecule has 1 aliphatic rings. The molecule has 0 heterocycles. The van der Waals surface area contributed by atoms with Crippen LogP contribution >= 0.6 is 11.6 Å². The van der Waals surface area contributed by atoms with Crippen LogP contribution in [0.2, 0.25) is 0 Å². The Bertz CT molecular complexity index is 235. The Morgan fingerprint density at radius 1 is 1.71 bits per heavy atom. The van der Waals surface area contributed by atoms with Gasteiger partial charge in [-0.1, -0.05) is 18.6 Å². The van der Waals surface area contributed by atoms with Crippen molar-refractivity contribution in [3.05, 3.63) is 11.6 Å². The summed E-state index contributed by atoms with van der Waals surface area (Å²) in [5.41, 5.74) is 1.44. The van der Waals surface area contributed by atoms with Gasteiger partial charge >= 0.3 is 5.97 Å². The molecule has 0 N–H and O–H groups in total. The van der Waals surface area contributed by atoms with Crippen LogP contribution in [0.25, 0.3) is 0 Å². The lowest BCUT2D eigenvalue weighted by Crippen LogP contribution is -2.22. The lowest BCUT2D eigenvalue weighted by molar-refractivity contribution is -0.142. The first kappa shape index (κ1) is 11.6. The summed E-state index contributed by atoms with van der Waals surface area (Å²) in [5, 5.41) is 0. The second-order valence-electron chi connectivity index (χ2n) is 3.99. The highest BCUT2D eigenvalue weighted by atomic mass is 35.5. The molecular weight excluding hydrogens is 200 g/mol. The molecule has 2 nitrogen and oxygen atoms in total. The van der Waals surface area contributed by atoms with E-state index in [1.807, 2.05) is 0 Å². The van der Waals surface area contributed by atoms with Crippen LogP contribution in [0.5, 0.6) is 0 Å². The van der Waals surface area contributed by atoms with Gasteiger partial charge in [0.1, 0.15) is 5.88 Å². The topological polar surface area (TPSA) is 26.3 Å². The standard InChI is InChI=1S/C11H17ClO2/c1-8-3-4-10(9(2)5-8)7-14-11(13)6-12/h5,9-10H,3-4,6-7H2,1-2H3. The first-order chi connectivity index (χ1) is 6.63. The Morgan fingerprint density at radius 3 is 3.00 bits per heavy atom. The maximum atomic E-state index is 10.9. The van der Waals surface area contributed by atoms with Crippen molar-refractivity contribution in [1.82, 2.24) is 0 Å². The van der Waals surface area contributed by atoms with Crippen LogP contribution in [0.4, 0.5) is 0 Å². The van der Waals surface area contributed by atoms with Gasteiger partial charge in [0.2, 0.25) is 0 Å². The summed E-state index contributed by atoms with van der Waals surface area (Å²) in [4.78, 5) is 10.9. The summed E-state index contributed by atoms with van der Waals surface area (Å²) in [5.74, 6) is 0.610. The van der Waals surface area contributed by atoms with Crippen molar-refractivity contribution in [3.63, 3.8) is 0 Å². The third-order valence-electron chi connectivity index (χ3n) is 2.77. The van der Waals surface area contributed by atoms with E-state index in [1.165, 1.54) is 5.57 Å². The third kappa shape index (κ3) is 3.33. The predicted molar refractivity (Wildman–Crippen MR) is 57.3 cm³/mol. The minimum Gasteiger partial charge on any atom is -0.464 e. The molecule has 1 rings (SSSR count). The van der Waals surface area contributed by atoms with E-state index < -0.39 is 0 Å². The van der Waals surface area contributed by atoms with Crippen LogP contribution in [-0.2, 0) is 9.53 Å². The van der Waals surface area contributed by atoms with Gasteiger partial charge < -0.3 is 4.74 Å². The van der Waals surface area contributed by atoms with Crippen LogP contribution in [0.1, 0.15) is 26.7 Å². The zero-order chi connectivity index (χ0) is 10.6. The fourth-order valence-electron chi connectivity index (χ4n) is 1.82. The molecule has 0 bridgehead atoms. The number of alkyl halides is 1. The van der Waals surface area contributed by atoms with E-state index in [4.69, 9.17) is 16.3 Å². The van der Waals surface area contributed by atoms with Crippen molar-refractivity contribution in [1.29, 1.82) is 0 Å². The van der Waals surface area contributed by atoms with Gasteiger partial charge in [0.05, 0.1) is 6.61 Å². The van der Waals surface area contributed by atoms with Crippen molar-refractivity contribution < 1.29 is 9.53 Å². The Labute approximate surface area is 90.3 Å². The molecule has 0 aliphatic heterocycles. The molecule has 80 valence electrons. The number of ether oxygens (including phenoxy) is 1. The van der Waals surface area contributed by atoms with E-state index in [0.717, 1.165) is 12.8 Å². The number of allylic oxidation sites excluding steroid dienone is 2. The average molecular weight is 217 g/mol. The van der Waals surface area contributed by atoms with Gasteiger partial charge in [-0.3, -0.25) is 4.79 Å². The summed E-state index contributed by atoms with van der Waals surface area (Å²) >= 11 is 5.34. The minimum atomic E-state index is -0.315. The minimum absolute atomic E-state index is 0.0457. The van der Waals surface area contributed by atoms with Gasteiger partial charge in [-0.25, -0.2) is 0 Å². The zero-order valence-electron chi connectivity index (χ0n) is 8.75. The average Bonchev–Trinajstić information content (AvgIpc) is 2.16. The number of carbonyl (C=O) groups is 1. The molecule has 3 heteroatoms. The molecule has 0 saturated heterocycles. The van der Waals surface area contributed by atoms with Crippen LogP contribution in [0, 0.1) is 11.8 Å². The van der Waals surface area contributed by atoms with Crippen LogP contribution in [0.3, 0.4) is 0 Å². The molecule has 0 aromatic carbocycles. The first-order valence-electron chi connectivity index (χ1n) is 5.02. The van der Waals surface area contributed by atoms with Gasteiger partial charge in [-0.05, 0) is 31.6 Å². The second kappa shape index (κ2) is 5.40. The van der Waals surface area contributed by atoms with E-state index in [9.17, 15) is 4.79 Å². The van der Waals surface area contributed by atoms with Crippen molar-refractivity contribution in [2.45, 2.75) is 26.7 Å². The molecule has 2 atom stereocenters. The summed E-state index contributed by atoms with van der Waals surface area (Å²) < 4.78 is 5.04. The Morgan fingerprint density at radius 2 is 2.43 bits per heavy atom. The molecule has 0 fully saturated rings. The molecule has 0 aromatic rings. The molecule has 0 aromatic heterocycles. The number of esters is 1. The normalized spacial score (nSPS) is 26.9. The van der Waals surface area contributed by atoms with Crippen molar-refractivity contribution in [2.75, 3.05) is 12.5 Å². The maximum Gasteiger partial charge on any atom is 0.320 e. The molecular formula is C11H17ClO2. The Hall–Kier alpha value is -0.500. The van der Waals surface area contributed by atoms with Crippen LogP contribution < -0.4 is 0 Å². The molecule has 0 spiro atoms. The summed E-state index contributed by atoms with van der Waals surface area (Å²) in [6.45, 7) is 4.83. The highest BCUT2D eigenvalue weighted by Gasteiger charge is 2.21. The predicted octanol–water partition coefficient (Wildman–Crippen LogP) is 2.76. The number of carbonyl (C=O) groups excluding carboxylic acids is 1. The van der Waals surface area contributed by atoms with E-state index in [-0.39, 0.29) is 11.8 Å². The lowest BCUT2D eigenvalue weighted by atomic mass is 9.83. The largest absolute Gasteiger partial charge is 0.464 e. The smallest absolute Gasteiger partial charge is 0.320 e. The SMILES string of the molecule is CC1=CC(C)C(COC(=O)CCl)CC1. The van der Waals surface area contributed by atoms with Gasteiger partial charge in [0, 0.05) is 0 Å². The third-order valence-corrected chi connectivity index (χ3v) is 2.99. The van der Waals surface area contributed by atoms with Crippen molar-refractivity contribution >= 4 is 17.6 Å². The van der Waals surface area contributed by atoms with Crippen LogP contribution in [-0.4, -0.2) is 18.5 Å². The van der Waals surface area contributed by atoms with E-state index in [2.05, 4.69) is 19.9 Å². The Kier molecular flexibility index (Phi) is 4.46. The zero-order valence-corrected chi connectivity index (χ0v) is 9.51. The summed E-state index contributed by atoms with van der Waals surface area (Å²) in [6.07, 6.45) is 4.50. The highest BCUT2D eigenvalue weighted by molar-refractivity contribution is 6.26. The molecule has 14 heavy (non-hydrogen) atoms. The number of hydrogen-bond acceptors (Lipinski definition) is 2. The molecule has 0 amide bonds. The molecule has 2 unspecified atom stereocenters. The van der Waals surface area contributed by atoms with E-state index >= 15 is 0 Å². The van der Waals surface area contributed by atoms with Crippen LogP contribution in [0.15, 0.2) is 11.6 Å². The monoisotopic (exact) mass is 216 g/mol. The second-order valence-corrected chi connectivity index (χ2v) is 4.25. The van der Waals surface area contributed by atoms with Gasteiger partial charge in [-0.2, -0.15) is 0 Å². The Balaban J connectivity index is 2.36. The maximum absolute atomic E-state index is 10.9. The molecule has 0 saturated carbocycles. The highest BCUT2D eigenvalue weighted by Crippen LogP contribution is 2.28.